The van der Waals surface area contributed by atoms with Gasteiger partial charge in [0.05, 0.1) is 18.7 Å². The number of primary amides is 1. The number of allylic oxidation sites excluding steroid dienone is 1. The molecule has 0 bridgehead atoms. The Balaban J connectivity index is 1.78. The molecule has 5 N–H and O–H groups in total. The molecule has 1 amide bonds. The number of nitrogens with two attached hydrogens (primary N) is 1. The van der Waals surface area contributed by atoms with Gasteiger partial charge in [0.1, 0.15) is 22.8 Å². The third kappa shape index (κ3) is 3.17. The molecule has 4 aliphatic rings. The van der Waals surface area contributed by atoms with Gasteiger partial charge in [0.15, 0.2) is 17.2 Å². The van der Waals surface area contributed by atoms with E-state index in [0.29, 0.717) is 44.6 Å². The minimum absolute atomic E-state index is 0.0454. The summed E-state index contributed by atoms with van der Waals surface area (Å²) < 4.78 is 11.7. The van der Waals surface area contributed by atoms with E-state index in [1.165, 1.54) is 20.3 Å². The lowest BCUT2D eigenvalue weighted by Crippen LogP contribution is -2.66. The van der Waals surface area contributed by atoms with Crippen molar-refractivity contribution in [2.45, 2.75) is 24.5 Å². The Hall–Kier alpha value is -3.21. The lowest BCUT2D eigenvalue weighted by atomic mass is 9.58. The number of aromatic hydroxyl groups is 1. The summed E-state index contributed by atoms with van der Waals surface area (Å²) in [4.78, 5) is 41.8. The number of aliphatic hydroxyl groups is 1. The van der Waals surface area contributed by atoms with Gasteiger partial charge in [0.2, 0.25) is 0 Å². The number of hydrogen-bond acceptors (Lipinski definition) is 9. The minimum atomic E-state index is -1.76. The Labute approximate surface area is 202 Å². The summed E-state index contributed by atoms with van der Waals surface area (Å²) in [5.41, 5.74) is 4.45. The predicted molar refractivity (Wildman–Crippen MR) is 124 cm³/mol. The molecule has 1 heterocycles. The normalized spacial score (nSPS) is 31.1. The van der Waals surface area contributed by atoms with Crippen LogP contribution >= 0.6 is 0 Å². The number of Topliss-reactive ketones (excluding diaryl/α,β-unsaturated/α-hetero) is 2. The second kappa shape index (κ2) is 8.47. The Morgan fingerprint density at radius 1 is 1.20 bits per heavy atom. The monoisotopic (exact) mass is 483 g/mol. The minimum Gasteiger partial charge on any atom is -0.508 e. The Morgan fingerprint density at radius 2 is 1.91 bits per heavy atom. The van der Waals surface area contributed by atoms with Crippen molar-refractivity contribution >= 4 is 17.5 Å². The van der Waals surface area contributed by atoms with Gasteiger partial charge in [0.25, 0.3) is 5.91 Å². The molecule has 186 valence electrons. The fraction of sp³-hybridized carbons (Fsp3) is 0.480. The summed E-state index contributed by atoms with van der Waals surface area (Å²) in [7, 11) is 2.72. The number of phenols is 1. The van der Waals surface area contributed by atoms with E-state index in [0.717, 1.165) is 0 Å². The van der Waals surface area contributed by atoms with Crippen LogP contribution in [0.3, 0.4) is 0 Å². The number of nitrogens with one attached hydrogen (secondary N) is 1. The van der Waals surface area contributed by atoms with Gasteiger partial charge in [0, 0.05) is 44.8 Å². The van der Waals surface area contributed by atoms with Crippen molar-refractivity contribution in [3.63, 3.8) is 0 Å². The molecular formula is C25H29N3O7. The number of rotatable bonds is 4. The van der Waals surface area contributed by atoms with Crippen LogP contribution in [0.2, 0.25) is 0 Å². The van der Waals surface area contributed by atoms with Crippen LogP contribution in [0.25, 0.3) is 0 Å². The number of piperazine rings is 1. The number of hydrogen-bond donors (Lipinski definition) is 4. The van der Waals surface area contributed by atoms with Crippen molar-refractivity contribution in [1.29, 1.82) is 0 Å². The average molecular weight is 484 g/mol. The first-order valence-electron chi connectivity index (χ1n) is 11.7. The number of benzene rings is 1. The molecule has 0 spiro atoms. The number of phenolic OH excluding ortho intramolecular Hbond substituents is 1. The molecule has 10 nitrogen and oxygen atoms in total. The highest BCUT2D eigenvalue weighted by atomic mass is 16.5. The van der Waals surface area contributed by atoms with Crippen LogP contribution in [0, 0.1) is 11.8 Å². The summed E-state index contributed by atoms with van der Waals surface area (Å²) in [5, 5.41) is 25.1. The van der Waals surface area contributed by atoms with E-state index in [1.54, 1.807) is 12.1 Å². The zero-order chi connectivity index (χ0) is 25.1. The molecular weight excluding hydrogens is 454 g/mol. The topological polar surface area (TPSA) is 151 Å². The zero-order valence-electron chi connectivity index (χ0n) is 19.7. The third-order valence-corrected chi connectivity index (χ3v) is 7.92. The van der Waals surface area contributed by atoms with E-state index in [4.69, 9.17) is 15.2 Å². The second-order valence-electron chi connectivity index (χ2n) is 9.45. The lowest BCUT2D eigenvalue weighted by molar-refractivity contribution is -0.144. The van der Waals surface area contributed by atoms with Crippen molar-refractivity contribution in [1.82, 2.24) is 10.2 Å². The van der Waals surface area contributed by atoms with Gasteiger partial charge in [-0.3, -0.25) is 19.3 Å². The lowest BCUT2D eigenvalue weighted by Gasteiger charge is -2.54. The third-order valence-electron chi connectivity index (χ3n) is 7.92. The summed E-state index contributed by atoms with van der Waals surface area (Å²) in [6, 6.07) is 4.14. The van der Waals surface area contributed by atoms with Gasteiger partial charge in [-0.25, -0.2) is 0 Å². The number of carbonyl (C=O) groups is 3. The highest BCUT2D eigenvalue weighted by molar-refractivity contribution is 6.22. The number of carbonyl (C=O) groups excluding carboxylic acids is 3. The summed E-state index contributed by atoms with van der Waals surface area (Å²) in [6.45, 7) is 2.42. The summed E-state index contributed by atoms with van der Waals surface area (Å²) >= 11 is 0. The molecule has 0 unspecified atom stereocenters. The van der Waals surface area contributed by atoms with Crippen molar-refractivity contribution < 1.29 is 34.1 Å². The van der Waals surface area contributed by atoms with E-state index in [9.17, 15) is 24.6 Å². The van der Waals surface area contributed by atoms with Crippen molar-refractivity contribution in [2.75, 3.05) is 40.4 Å². The van der Waals surface area contributed by atoms with Gasteiger partial charge in [-0.15, -0.1) is 0 Å². The van der Waals surface area contributed by atoms with Crippen LogP contribution in [0.15, 0.2) is 40.9 Å². The Bertz CT molecular complexity index is 1180. The maximum Gasteiger partial charge on any atom is 0.255 e. The molecule has 1 aromatic carbocycles. The summed E-state index contributed by atoms with van der Waals surface area (Å²) in [6.07, 6.45) is 0.775. The van der Waals surface area contributed by atoms with Crippen LogP contribution in [-0.2, 0) is 25.5 Å². The van der Waals surface area contributed by atoms with Gasteiger partial charge < -0.3 is 30.7 Å². The number of fused-ring (bicyclic) bond motifs is 3. The SMILES string of the molecule is COC1=C2C(=O)c3c(O)cccc3C[C@H]2C[C@H]2[C@@H](N3CCNCC3)C(=O)C(C(N)=O)=C(O)[C@@]12OC. The maximum atomic E-state index is 13.7. The number of ketones is 2. The van der Waals surface area contributed by atoms with Crippen LogP contribution in [0.4, 0.5) is 0 Å². The van der Waals surface area contributed by atoms with Crippen molar-refractivity contribution in [3.8, 4) is 5.75 Å². The van der Waals surface area contributed by atoms with Gasteiger partial charge >= 0.3 is 0 Å². The quantitative estimate of drug-likeness (QED) is 0.440. The predicted octanol–water partition coefficient (Wildman–Crippen LogP) is 0.207. The van der Waals surface area contributed by atoms with Crippen molar-refractivity contribution in [3.05, 3.63) is 52.0 Å². The van der Waals surface area contributed by atoms with E-state index in [1.807, 2.05) is 4.90 Å². The first-order valence-corrected chi connectivity index (χ1v) is 11.7. The smallest absolute Gasteiger partial charge is 0.255 e. The molecule has 0 aromatic heterocycles. The van der Waals surface area contributed by atoms with Crippen molar-refractivity contribution in [2.24, 2.45) is 17.6 Å². The highest BCUT2D eigenvalue weighted by Crippen LogP contribution is 2.55. The number of ether oxygens (including phenoxy) is 2. The zero-order valence-corrected chi connectivity index (χ0v) is 19.7. The molecule has 1 fully saturated rings. The largest absolute Gasteiger partial charge is 0.508 e. The molecule has 4 atom stereocenters. The molecule has 5 rings (SSSR count). The van der Waals surface area contributed by atoms with Crippen LogP contribution in [0.5, 0.6) is 5.75 Å². The first kappa shape index (κ1) is 23.5. The first-order chi connectivity index (χ1) is 16.8. The maximum absolute atomic E-state index is 13.7. The summed E-state index contributed by atoms with van der Waals surface area (Å²) in [5.74, 6) is -3.74. The van der Waals surface area contributed by atoms with E-state index in [-0.39, 0.29) is 28.6 Å². The number of nitrogens with zero attached hydrogens (tertiary/aromatic N) is 1. The second-order valence-corrected chi connectivity index (χ2v) is 9.45. The van der Waals surface area contributed by atoms with Crippen LogP contribution in [-0.4, -0.2) is 84.6 Å². The van der Waals surface area contributed by atoms with Gasteiger partial charge in [-0.2, -0.15) is 0 Å². The highest BCUT2D eigenvalue weighted by Gasteiger charge is 2.64. The fourth-order valence-corrected chi connectivity index (χ4v) is 6.53. The fourth-order valence-electron chi connectivity index (χ4n) is 6.53. The molecule has 1 aromatic rings. The number of methoxy groups -OCH3 is 2. The molecule has 1 aliphatic heterocycles. The number of aliphatic hydroxyl groups excluding tert-OH is 1. The Morgan fingerprint density at radius 3 is 2.54 bits per heavy atom. The molecule has 3 aliphatic carbocycles. The van der Waals surface area contributed by atoms with E-state index in [2.05, 4.69) is 5.32 Å². The van der Waals surface area contributed by atoms with E-state index < -0.39 is 46.4 Å². The Kier molecular flexibility index (Phi) is 5.70. The molecule has 1 saturated heterocycles. The van der Waals surface area contributed by atoms with E-state index >= 15 is 0 Å². The molecule has 0 saturated carbocycles. The molecule has 10 heteroatoms. The van der Waals surface area contributed by atoms with Gasteiger partial charge in [-0.1, -0.05) is 12.1 Å². The van der Waals surface area contributed by atoms with Gasteiger partial charge in [-0.05, 0) is 30.4 Å². The number of amides is 1. The standard InChI is InChI=1S/C25H29N3O7/c1-34-23-17-13(10-12-4-3-5-15(29)16(12)20(17)30)11-14-19(28-8-6-27-7-9-28)21(31)18(24(26)33)22(32)25(14,23)35-2/h3-5,13-14,19,27,29,32H,6-11H2,1-2H3,(H2,26,33)/t13-,14-,19+,25+/m0/s1. The average Bonchev–Trinajstić information content (AvgIpc) is 2.83. The molecule has 35 heavy (non-hydrogen) atoms. The van der Waals surface area contributed by atoms with Crippen LogP contribution < -0.4 is 11.1 Å². The van der Waals surface area contributed by atoms with Crippen LogP contribution in [0.1, 0.15) is 22.3 Å². The molecule has 0 radical (unpaired) electrons.